The third kappa shape index (κ3) is 2.75. The molecule has 1 heterocycles. The van der Waals surface area contributed by atoms with E-state index < -0.39 is 17.0 Å². The summed E-state index contributed by atoms with van der Waals surface area (Å²) in [5.41, 5.74) is -1.96. The number of benzene rings is 1. The molecule has 4 aliphatic rings. The molecule has 0 spiro atoms. The van der Waals surface area contributed by atoms with Gasteiger partial charge in [-0.15, -0.1) is 0 Å². The second kappa shape index (κ2) is 5.95. The van der Waals surface area contributed by atoms with Crippen LogP contribution in [0.2, 0.25) is 0 Å². The summed E-state index contributed by atoms with van der Waals surface area (Å²) in [5, 5.41) is 20.6. The topological polar surface area (TPSA) is 88.8 Å². The highest BCUT2D eigenvalue weighted by molar-refractivity contribution is 5.87. The molecule has 6 rings (SSSR count). The standard InChI is InChI=1S/C22H23NO5/c24-19-17(20(25)26)11-23(12-18(19)28-16-4-2-1-3-5-16)21-7-14-6-15(8-21)10-22(27,9-14)13-21/h1-5,11-12,14-15,27H,6-10,13H2,(H,25,26). The maximum absolute atomic E-state index is 12.7. The third-order valence-corrected chi connectivity index (χ3v) is 6.74. The zero-order valence-corrected chi connectivity index (χ0v) is 15.5. The van der Waals surface area contributed by atoms with E-state index in [1.807, 2.05) is 10.6 Å². The highest BCUT2D eigenvalue weighted by Crippen LogP contribution is 2.60. The summed E-state index contributed by atoms with van der Waals surface area (Å²) in [4.78, 5) is 24.4. The molecule has 2 aromatic rings. The molecule has 0 saturated heterocycles. The number of aromatic nitrogens is 1. The van der Waals surface area contributed by atoms with Crippen molar-refractivity contribution in [3.05, 3.63) is 58.5 Å². The number of aliphatic hydroxyl groups is 1. The number of rotatable bonds is 4. The average Bonchev–Trinajstić information content (AvgIpc) is 2.62. The van der Waals surface area contributed by atoms with Gasteiger partial charge >= 0.3 is 5.97 Å². The Morgan fingerprint density at radius 2 is 1.75 bits per heavy atom. The Labute approximate surface area is 162 Å². The van der Waals surface area contributed by atoms with Crippen LogP contribution in [0.15, 0.2) is 47.5 Å². The minimum Gasteiger partial charge on any atom is -0.477 e. The first kappa shape index (κ1) is 17.5. The van der Waals surface area contributed by atoms with E-state index in [9.17, 15) is 19.8 Å². The molecule has 2 unspecified atom stereocenters. The van der Waals surface area contributed by atoms with Crippen LogP contribution >= 0.6 is 0 Å². The molecule has 4 aliphatic carbocycles. The second-order valence-electron chi connectivity index (χ2n) is 8.90. The van der Waals surface area contributed by atoms with Gasteiger partial charge in [0.1, 0.15) is 11.3 Å². The van der Waals surface area contributed by atoms with Crippen LogP contribution in [0.3, 0.4) is 0 Å². The van der Waals surface area contributed by atoms with Crippen LogP contribution in [-0.4, -0.2) is 26.4 Å². The monoisotopic (exact) mass is 381 g/mol. The summed E-state index contributed by atoms with van der Waals surface area (Å²) in [5.74, 6) is 0.113. The Bertz CT molecular complexity index is 982. The fourth-order valence-electron chi connectivity index (χ4n) is 6.14. The van der Waals surface area contributed by atoms with E-state index in [0.29, 0.717) is 24.0 Å². The third-order valence-electron chi connectivity index (χ3n) is 6.74. The molecule has 1 aromatic heterocycles. The van der Waals surface area contributed by atoms with Crippen molar-refractivity contribution in [3.8, 4) is 11.5 Å². The number of hydrogen-bond donors (Lipinski definition) is 2. The van der Waals surface area contributed by atoms with Gasteiger partial charge < -0.3 is 19.5 Å². The average molecular weight is 381 g/mol. The van der Waals surface area contributed by atoms with Crippen molar-refractivity contribution in [2.45, 2.75) is 49.7 Å². The van der Waals surface area contributed by atoms with E-state index in [4.69, 9.17) is 4.74 Å². The van der Waals surface area contributed by atoms with Crippen molar-refractivity contribution >= 4 is 5.97 Å². The van der Waals surface area contributed by atoms with Crippen molar-refractivity contribution in [1.82, 2.24) is 4.57 Å². The molecule has 2 N–H and O–H groups in total. The van der Waals surface area contributed by atoms with E-state index in [-0.39, 0.29) is 16.9 Å². The summed E-state index contributed by atoms with van der Waals surface area (Å²) >= 11 is 0. The van der Waals surface area contributed by atoms with Crippen molar-refractivity contribution < 1.29 is 19.7 Å². The Kier molecular flexibility index (Phi) is 3.72. The van der Waals surface area contributed by atoms with E-state index in [0.717, 1.165) is 32.1 Å². The quantitative estimate of drug-likeness (QED) is 0.848. The number of hydrogen-bond acceptors (Lipinski definition) is 4. The maximum atomic E-state index is 12.7. The van der Waals surface area contributed by atoms with E-state index in [2.05, 4.69) is 0 Å². The molecule has 0 aliphatic heterocycles. The largest absolute Gasteiger partial charge is 0.477 e. The number of carboxylic acid groups (broad SMARTS) is 1. The fraction of sp³-hybridized carbons (Fsp3) is 0.455. The molecule has 6 heteroatoms. The summed E-state index contributed by atoms with van der Waals surface area (Å²) in [7, 11) is 0. The van der Waals surface area contributed by atoms with Gasteiger partial charge in [0.05, 0.1) is 11.8 Å². The summed E-state index contributed by atoms with van der Waals surface area (Å²) in [6.45, 7) is 0. The van der Waals surface area contributed by atoms with Crippen molar-refractivity contribution in [1.29, 1.82) is 0 Å². The molecular formula is C22H23NO5. The van der Waals surface area contributed by atoms with Gasteiger partial charge in [-0.2, -0.15) is 0 Å². The molecule has 0 radical (unpaired) electrons. The van der Waals surface area contributed by atoms with Gasteiger partial charge in [-0.25, -0.2) is 4.79 Å². The number of pyridine rings is 1. The second-order valence-corrected chi connectivity index (χ2v) is 8.90. The molecule has 4 bridgehead atoms. The first-order valence-corrected chi connectivity index (χ1v) is 9.81. The van der Waals surface area contributed by atoms with Crippen molar-refractivity contribution in [2.24, 2.45) is 11.8 Å². The zero-order valence-electron chi connectivity index (χ0n) is 15.5. The predicted molar refractivity (Wildman–Crippen MR) is 102 cm³/mol. The first-order chi connectivity index (χ1) is 13.4. The Hall–Kier alpha value is -2.60. The van der Waals surface area contributed by atoms with Crippen LogP contribution in [0, 0.1) is 11.8 Å². The summed E-state index contributed by atoms with van der Waals surface area (Å²) in [6.07, 6.45) is 8.26. The molecule has 0 amide bonds. The molecule has 28 heavy (non-hydrogen) atoms. The molecule has 4 saturated carbocycles. The number of carbonyl (C=O) groups is 1. The van der Waals surface area contributed by atoms with Crippen molar-refractivity contribution in [2.75, 3.05) is 0 Å². The Morgan fingerprint density at radius 1 is 1.07 bits per heavy atom. The highest BCUT2D eigenvalue weighted by atomic mass is 16.5. The summed E-state index contributed by atoms with van der Waals surface area (Å²) in [6, 6.07) is 8.89. The van der Waals surface area contributed by atoms with E-state index >= 15 is 0 Å². The Morgan fingerprint density at radius 3 is 2.36 bits per heavy atom. The molecule has 146 valence electrons. The maximum Gasteiger partial charge on any atom is 0.341 e. The van der Waals surface area contributed by atoms with Gasteiger partial charge in [0.2, 0.25) is 5.43 Å². The molecule has 1 aromatic carbocycles. The molecular weight excluding hydrogens is 358 g/mol. The summed E-state index contributed by atoms with van der Waals surface area (Å²) < 4.78 is 7.63. The lowest BCUT2D eigenvalue weighted by Crippen LogP contribution is -2.59. The van der Waals surface area contributed by atoms with Crippen LogP contribution in [0.25, 0.3) is 0 Å². The first-order valence-electron chi connectivity index (χ1n) is 9.81. The highest BCUT2D eigenvalue weighted by Gasteiger charge is 2.58. The molecule has 4 fully saturated rings. The van der Waals surface area contributed by atoms with Gasteiger partial charge in [0.15, 0.2) is 5.75 Å². The number of para-hydroxylation sites is 1. The lowest BCUT2D eigenvalue weighted by Gasteiger charge is -2.60. The van der Waals surface area contributed by atoms with Gasteiger partial charge in [-0.3, -0.25) is 4.79 Å². The fourth-order valence-corrected chi connectivity index (χ4v) is 6.14. The Balaban J connectivity index is 1.62. The normalized spacial score (nSPS) is 33.0. The minimum absolute atomic E-state index is 0.00818. The lowest BCUT2D eigenvalue weighted by molar-refractivity contribution is -0.156. The lowest BCUT2D eigenvalue weighted by atomic mass is 9.51. The van der Waals surface area contributed by atoms with Crippen molar-refractivity contribution in [3.63, 3.8) is 0 Å². The van der Waals surface area contributed by atoms with Gasteiger partial charge in [0, 0.05) is 11.7 Å². The SMILES string of the molecule is O=C(O)c1cn(C23CC4CC(CC(O)(C4)C2)C3)cc(Oc2ccccc2)c1=O. The minimum atomic E-state index is -1.26. The zero-order chi connectivity index (χ0) is 19.5. The van der Waals surface area contributed by atoms with Crippen LogP contribution < -0.4 is 10.2 Å². The number of ether oxygens (including phenoxy) is 1. The number of carboxylic acids is 1. The smallest absolute Gasteiger partial charge is 0.341 e. The van der Waals surface area contributed by atoms with Crippen LogP contribution in [0.4, 0.5) is 0 Å². The van der Waals surface area contributed by atoms with Crippen LogP contribution in [0.5, 0.6) is 11.5 Å². The van der Waals surface area contributed by atoms with Crippen LogP contribution in [-0.2, 0) is 5.54 Å². The molecule has 6 nitrogen and oxygen atoms in total. The van der Waals surface area contributed by atoms with E-state index in [1.165, 1.54) is 6.20 Å². The molecule has 2 atom stereocenters. The van der Waals surface area contributed by atoms with E-state index in [1.54, 1.807) is 30.5 Å². The van der Waals surface area contributed by atoms with Gasteiger partial charge in [0.25, 0.3) is 0 Å². The predicted octanol–water partition coefficient (Wildman–Crippen LogP) is 3.38. The number of aromatic carboxylic acids is 1. The number of nitrogens with zero attached hydrogens (tertiary/aromatic N) is 1. The van der Waals surface area contributed by atoms with Crippen LogP contribution in [0.1, 0.15) is 48.9 Å². The van der Waals surface area contributed by atoms with Gasteiger partial charge in [-0.1, -0.05) is 18.2 Å². The van der Waals surface area contributed by atoms with Gasteiger partial charge in [-0.05, 0) is 62.5 Å².